The first-order chi connectivity index (χ1) is 13.3. The van der Waals surface area contributed by atoms with Crippen LogP contribution in [-0.4, -0.2) is 29.7 Å². The Kier molecular flexibility index (Phi) is 3.57. The normalized spacial score (nSPS) is 12.5. The Morgan fingerprint density at radius 1 is 1.04 bits per heavy atom. The number of aromatic nitrogens is 6. The minimum Gasteiger partial charge on any atom is -0.348 e. The van der Waals surface area contributed by atoms with Crippen molar-refractivity contribution in [3.63, 3.8) is 0 Å². The highest BCUT2D eigenvalue weighted by Crippen LogP contribution is 2.22. The predicted molar refractivity (Wildman–Crippen MR) is 105 cm³/mol. The van der Waals surface area contributed by atoms with Gasteiger partial charge in [0.15, 0.2) is 5.65 Å². The van der Waals surface area contributed by atoms with E-state index in [1.165, 1.54) is 5.56 Å². The molecule has 0 saturated carbocycles. The van der Waals surface area contributed by atoms with E-state index in [1.54, 1.807) is 18.7 Å². The van der Waals surface area contributed by atoms with Crippen molar-refractivity contribution >= 4 is 28.0 Å². The predicted octanol–water partition coefficient (Wildman–Crippen LogP) is 3.86. The molecule has 1 atom stereocenters. The zero-order chi connectivity index (χ0) is 18.2. The van der Waals surface area contributed by atoms with Crippen LogP contribution in [0.15, 0.2) is 67.3 Å². The molecule has 0 aliphatic rings. The van der Waals surface area contributed by atoms with Crippen molar-refractivity contribution in [2.75, 3.05) is 5.32 Å². The van der Waals surface area contributed by atoms with Crippen LogP contribution in [-0.2, 0) is 0 Å². The minimum absolute atomic E-state index is 0.0985. The van der Waals surface area contributed by atoms with Crippen molar-refractivity contribution < 1.29 is 0 Å². The van der Waals surface area contributed by atoms with Gasteiger partial charge in [-0.2, -0.15) is 10.1 Å². The van der Waals surface area contributed by atoms with Gasteiger partial charge >= 0.3 is 0 Å². The molecule has 3 heterocycles. The molecule has 0 aliphatic heterocycles. The monoisotopic (exact) mass is 355 g/mol. The summed E-state index contributed by atoms with van der Waals surface area (Å²) in [6.07, 6.45) is 5.31. The van der Waals surface area contributed by atoms with Crippen LogP contribution >= 0.6 is 0 Å². The molecule has 2 N–H and O–H groups in total. The van der Waals surface area contributed by atoms with Crippen LogP contribution in [0, 0.1) is 0 Å². The Bertz CT molecular complexity index is 1220. The van der Waals surface area contributed by atoms with Crippen molar-refractivity contribution in [1.82, 2.24) is 29.7 Å². The van der Waals surface area contributed by atoms with E-state index in [2.05, 4.69) is 44.5 Å². The van der Waals surface area contributed by atoms with E-state index in [0.717, 1.165) is 27.8 Å². The van der Waals surface area contributed by atoms with Gasteiger partial charge in [-0.15, -0.1) is 0 Å². The standard InChI is InChI=1S/C20H17N7/c1-13(14-5-3-2-4-6-14)24-20-21-11-18-19(25-20)27(12-22-18)16-8-7-15-10-23-26-17(15)9-16/h2-13H,1H3,(H,23,26)(H,21,24,25). The maximum absolute atomic E-state index is 4.70. The van der Waals surface area contributed by atoms with E-state index >= 15 is 0 Å². The van der Waals surface area contributed by atoms with Gasteiger partial charge in [0, 0.05) is 5.39 Å². The van der Waals surface area contributed by atoms with Gasteiger partial charge in [0.2, 0.25) is 5.95 Å². The first-order valence-electron chi connectivity index (χ1n) is 8.73. The molecule has 132 valence electrons. The highest BCUT2D eigenvalue weighted by Gasteiger charge is 2.11. The van der Waals surface area contributed by atoms with Gasteiger partial charge in [-0.3, -0.25) is 9.67 Å². The molecule has 0 saturated heterocycles. The number of hydrogen-bond donors (Lipinski definition) is 2. The fourth-order valence-electron chi connectivity index (χ4n) is 3.16. The third-order valence-electron chi connectivity index (χ3n) is 4.64. The number of benzene rings is 2. The molecule has 5 aromatic rings. The molecule has 5 rings (SSSR count). The molecule has 0 amide bonds. The molecule has 0 bridgehead atoms. The van der Waals surface area contributed by atoms with Gasteiger partial charge in [0.05, 0.1) is 29.6 Å². The molecule has 3 aromatic heterocycles. The lowest BCUT2D eigenvalue weighted by Crippen LogP contribution is -2.09. The fourth-order valence-corrected chi connectivity index (χ4v) is 3.16. The van der Waals surface area contributed by atoms with Crippen molar-refractivity contribution in [2.45, 2.75) is 13.0 Å². The minimum atomic E-state index is 0.0985. The number of nitrogens with one attached hydrogen (secondary N) is 2. The summed E-state index contributed by atoms with van der Waals surface area (Å²) in [5.74, 6) is 0.572. The van der Waals surface area contributed by atoms with E-state index in [0.29, 0.717) is 5.95 Å². The maximum atomic E-state index is 4.70. The molecule has 1 unspecified atom stereocenters. The summed E-state index contributed by atoms with van der Waals surface area (Å²) in [5.41, 5.74) is 4.62. The summed E-state index contributed by atoms with van der Waals surface area (Å²) in [6.45, 7) is 2.09. The smallest absolute Gasteiger partial charge is 0.225 e. The van der Waals surface area contributed by atoms with Crippen LogP contribution in [0.3, 0.4) is 0 Å². The molecule has 0 radical (unpaired) electrons. The van der Waals surface area contributed by atoms with Gasteiger partial charge in [0.1, 0.15) is 11.8 Å². The fraction of sp³-hybridized carbons (Fsp3) is 0.100. The van der Waals surface area contributed by atoms with E-state index in [1.807, 2.05) is 41.0 Å². The largest absolute Gasteiger partial charge is 0.348 e. The molecule has 27 heavy (non-hydrogen) atoms. The third kappa shape index (κ3) is 2.79. The van der Waals surface area contributed by atoms with Crippen LogP contribution in [0.25, 0.3) is 27.8 Å². The quantitative estimate of drug-likeness (QED) is 0.511. The number of fused-ring (bicyclic) bond motifs is 2. The van der Waals surface area contributed by atoms with E-state index < -0.39 is 0 Å². The Hall–Kier alpha value is -3.74. The SMILES string of the molecule is CC(Nc1ncc2ncn(-c3ccc4cn[nH]c4c3)c2n1)c1ccccc1. The molecule has 0 spiro atoms. The molecule has 7 nitrogen and oxygen atoms in total. The number of imidazole rings is 1. The average Bonchev–Trinajstić information content (AvgIpc) is 3.34. The first-order valence-corrected chi connectivity index (χ1v) is 8.73. The topological polar surface area (TPSA) is 84.3 Å². The average molecular weight is 355 g/mol. The number of rotatable bonds is 4. The van der Waals surface area contributed by atoms with E-state index in [4.69, 9.17) is 4.98 Å². The third-order valence-corrected chi connectivity index (χ3v) is 4.64. The van der Waals surface area contributed by atoms with Crippen LogP contribution < -0.4 is 5.32 Å². The number of H-pyrrole nitrogens is 1. The number of anilines is 1. The Morgan fingerprint density at radius 2 is 1.93 bits per heavy atom. The summed E-state index contributed by atoms with van der Waals surface area (Å²) in [7, 11) is 0. The van der Waals surface area contributed by atoms with Gasteiger partial charge in [0.25, 0.3) is 0 Å². The summed E-state index contributed by atoms with van der Waals surface area (Å²) < 4.78 is 1.95. The highest BCUT2D eigenvalue weighted by atomic mass is 15.2. The van der Waals surface area contributed by atoms with Crippen molar-refractivity contribution in [3.8, 4) is 5.69 Å². The zero-order valence-corrected chi connectivity index (χ0v) is 14.7. The van der Waals surface area contributed by atoms with E-state index in [9.17, 15) is 0 Å². The van der Waals surface area contributed by atoms with Crippen LogP contribution in [0.4, 0.5) is 5.95 Å². The van der Waals surface area contributed by atoms with Crippen molar-refractivity contribution in [1.29, 1.82) is 0 Å². The first kappa shape index (κ1) is 15.5. The van der Waals surface area contributed by atoms with Crippen LogP contribution in [0.5, 0.6) is 0 Å². The van der Waals surface area contributed by atoms with Crippen LogP contribution in [0.1, 0.15) is 18.5 Å². The summed E-state index contributed by atoms with van der Waals surface area (Å²) >= 11 is 0. The maximum Gasteiger partial charge on any atom is 0.225 e. The molecular formula is C20H17N7. The Morgan fingerprint density at radius 3 is 2.81 bits per heavy atom. The molecule has 7 heteroatoms. The number of aromatic amines is 1. The summed E-state index contributed by atoms with van der Waals surface area (Å²) in [5, 5.41) is 11.5. The Labute approximate surface area is 155 Å². The molecule has 0 aliphatic carbocycles. The van der Waals surface area contributed by atoms with Gasteiger partial charge in [-0.1, -0.05) is 30.3 Å². The number of nitrogens with zero attached hydrogens (tertiary/aromatic N) is 5. The molecule has 2 aromatic carbocycles. The van der Waals surface area contributed by atoms with Crippen molar-refractivity contribution in [2.24, 2.45) is 0 Å². The second kappa shape index (κ2) is 6.21. The Balaban J connectivity index is 1.52. The second-order valence-electron chi connectivity index (χ2n) is 6.44. The summed E-state index contributed by atoms with van der Waals surface area (Å²) in [6, 6.07) is 16.4. The van der Waals surface area contributed by atoms with Gasteiger partial charge in [-0.05, 0) is 30.7 Å². The van der Waals surface area contributed by atoms with Crippen LogP contribution in [0.2, 0.25) is 0 Å². The van der Waals surface area contributed by atoms with Gasteiger partial charge < -0.3 is 5.32 Å². The molecular weight excluding hydrogens is 338 g/mol. The lowest BCUT2D eigenvalue weighted by Gasteiger charge is -2.14. The van der Waals surface area contributed by atoms with Gasteiger partial charge in [-0.25, -0.2) is 9.97 Å². The molecule has 0 fully saturated rings. The lowest BCUT2D eigenvalue weighted by atomic mass is 10.1. The zero-order valence-electron chi connectivity index (χ0n) is 14.7. The van der Waals surface area contributed by atoms with E-state index in [-0.39, 0.29) is 6.04 Å². The number of hydrogen-bond acceptors (Lipinski definition) is 5. The van der Waals surface area contributed by atoms with Crippen molar-refractivity contribution in [3.05, 3.63) is 72.8 Å². The summed E-state index contributed by atoms with van der Waals surface area (Å²) in [4.78, 5) is 13.5. The lowest BCUT2D eigenvalue weighted by molar-refractivity contribution is 0.862. The second-order valence-corrected chi connectivity index (χ2v) is 6.44. The highest BCUT2D eigenvalue weighted by molar-refractivity contribution is 5.81.